The highest BCUT2D eigenvalue weighted by atomic mass is 32.2. The fourth-order valence-corrected chi connectivity index (χ4v) is 3.01. The first-order valence-electron chi connectivity index (χ1n) is 8.12. The Bertz CT molecular complexity index is 758. The molecule has 1 saturated carbocycles. The molecule has 0 unspecified atom stereocenters. The van der Waals surface area contributed by atoms with Crippen LogP contribution in [0.3, 0.4) is 0 Å². The van der Waals surface area contributed by atoms with E-state index in [0.29, 0.717) is 17.2 Å². The van der Waals surface area contributed by atoms with Crippen molar-refractivity contribution in [3.8, 4) is 5.75 Å². The smallest absolute Gasteiger partial charge is 0.234 e. The lowest BCUT2D eigenvalue weighted by atomic mass is 10.3. The highest BCUT2D eigenvalue weighted by Gasteiger charge is 2.29. The van der Waals surface area contributed by atoms with Crippen molar-refractivity contribution in [1.82, 2.24) is 0 Å². The normalized spacial score (nSPS) is 13.2. The largest absolute Gasteiger partial charge is 0.495 e. The molecule has 2 N–H and O–H groups in total. The Morgan fingerprint density at radius 2 is 1.80 bits per heavy atom. The molecule has 1 aliphatic carbocycles. The molecule has 130 valence electrons. The number of benzene rings is 2. The molecule has 2 aromatic carbocycles. The van der Waals surface area contributed by atoms with Crippen LogP contribution in [0.4, 0.5) is 11.4 Å². The first-order chi connectivity index (χ1) is 12.2. The Morgan fingerprint density at radius 1 is 1.08 bits per heavy atom. The number of ether oxygens (including phenoxy) is 1. The van der Waals surface area contributed by atoms with E-state index in [1.165, 1.54) is 11.8 Å². The summed E-state index contributed by atoms with van der Waals surface area (Å²) in [6.07, 6.45) is 1.97. The van der Waals surface area contributed by atoms with E-state index >= 15 is 0 Å². The Morgan fingerprint density at radius 3 is 2.48 bits per heavy atom. The summed E-state index contributed by atoms with van der Waals surface area (Å²) >= 11 is 1.44. The van der Waals surface area contributed by atoms with Crippen LogP contribution in [0.1, 0.15) is 12.8 Å². The summed E-state index contributed by atoms with van der Waals surface area (Å²) in [7, 11) is 1.57. The second-order valence-corrected chi connectivity index (χ2v) is 6.87. The lowest BCUT2D eigenvalue weighted by molar-refractivity contribution is -0.117. The van der Waals surface area contributed by atoms with Crippen LogP contribution in [0.2, 0.25) is 0 Å². The van der Waals surface area contributed by atoms with Crippen LogP contribution < -0.4 is 15.4 Å². The second kappa shape index (κ2) is 8.07. The van der Waals surface area contributed by atoms with E-state index in [0.717, 1.165) is 23.4 Å². The topological polar surface area (TPSA) is 67.4 Å². The number of anilines is 2. The molecule has 0 saturated heterocycles. The molecule has 2 amide bonds. The molecule has 1 aliphatic rings. The van der Waals surface area contributed by atoms with Crippen molar-refractivity contribution in [2.75, 3.05) is 23.5 Å². The highest BCUT2D eigenvalue weighted by molar-refractivity contribution is 8.00. The molecule has 2 aromatic rings. The van der Waals surface area contributed by atoms with Gasteiger partial charge in [-0.3, -0.25) is 9.59 Å². The number of hydrogen-bond donors (Lipinski definition) is 2. The van der Waals surface area contributed by atoms with Crippen LogP contribution in [0.25, 0.3) is 0 Å². The molecule has 6 heteroatoms. The zero-order chi connectivity index (χ0) is 17.6. The average Bonchev–Trinajstić information content (AvgIpc) is 3.47. The highest BCUT2D eigenvalue weighted by Crippen LogP contribution is 2.30. The number of carbonyl (C=O) groups excluding carboxylic acids is 2. The number of nitrogens with one attached hydrogen (secondary N) is 2. The van der Waals surface area contributed by atoms with Gasteiger partial charge in [0, 0.05) is 16.5 Å². The van der Waals surface area contributed by atoms with Crippen molar-refractivity contribution < 1.29 is 14.3 Å². The molecule has 0 spiro atoms. The van der Waals surface area contributed by atoms with Crippen molar-refractivity contribution in [2.45, 2.75) is 17.7 Å². The zero-order valence-electron chi connectivity index (χ0n) is 14.0. The van der Waals surface area contributed by atoms with E-state index < -0.39 is 0 Å². The van der Waals surface area contributed by atoms with Crippen LogP contribution in [0.5, 0.6) is 5.75 Å². The standard InChI is InChI=1S/C19H20N2O3S/c1-24-17-5-3-2-4-16(17)21-18(22)12-25-15-10-8-14(9-11-15)20-19(23)13-6-7-13/h2-5,8-11,13H,6-7,12H2,1H3,(H,20,23)(H,21,22). The Kier molecular flexibility index (Phi) is 5.60. The van der Waals surface area contributed by atoms with E-state index in [1.807, 2.05) is 36.4 Å². The lowest BCUT2D eigenvalue weighted by Gasteiger charge is -2.10. The van der Waals surface area contributed by atoms with E-state index in [2.05, 4.69) is 10.6 Å². The van der Waals surface area contributed by atoms with Gasteiger partial charge >= 0.3 is 0 Å². The molecule has 0 aromatic heterocycles. The number of thioether (sulfide) groups is 1. The van der Waals surface area contributed by atoms with Gasteiger partial charge in [0.05, 0.1) is 18.6 Å². The van der Waals surface area contributed by atoms with E-state index in [9.17, 15) is 9.59 Å². The second-order valence-electron chi connectivity index (χ2n) is 5.83. The minimum atomic E-state index is -0.0967. The molecule has 0 bridgehead atoms. The third-order valence-electron chi connectivity index (χ3n) is 3.82. The van der Waals surface area contributed by atoms with Crippen molar-refractivity contribution >= 4 is 35.0 Å². The number of para-hydroxylation sites is 2. The molecule has 3 rings (SSSR count). The molecule has 0 heterocycles. The maximum Gasteiger partial charge on any atom is 0.234 e. The van der Waals surface area contributed by atoms with Crippen LogP contribution in [0, 0.1) is 5.92 Å². The van der Waals surface area contributed by atoms with Gasteiger partial charge in [-0.2, -0.15) is 0 Å². The van der Waals surface area contributed by atoms with Crippen molar-refractivity contribution in [3.05, 3.63) is 48.5 Å². The van der Waals surface area contributed by atoms with Crippen LogP contribution in [-0.2, 0) is 9.59 Å². The predicted octanol–water partition coefficient (Wildman–Crippen LogP) is 3.77. The maximum absolute atomic E-state index is 12.1. The summed E-state index contributed by atoms with van der Waals surface area (Å²) < 4.78 is 5.22. The summed E-state index contributed by atoms with van der Waals surface area (Å²) in [5.41, 5.74) is 1.45. The molecule has 5 nitrogen and oxygen atoms in total. The Hall–Kier alpha value is -2.47. The van der Waals surface area contributed by atoms with Gasteiger partial charge in [-0.1, -0.05) is 12.1 Å². The Labute approximate surface area is 151 Å². The minimum Gasteiger partial charge on any atom is -0.495 e. The van der Waals surface area contributed by atoms with Gasteiger partial charge < -0.3 is 15.4 Å². The van der Waals surface area contributed by atoms with Gasteiger partial charge in [-0.05, 0) is 49.2 Å². The summed E-state index contributed by atoms with van der Waals surface area (Å²) in [6.45, 7) is 0. The fourth-order valence-electron chi connectivity index (χ4n) is 2.31. The van der Waals surface area contributed by atoms with Gasteiger partial charge in [0.1, 0.15) is 5.75 Å². The van der Waals surface area contributed by atoms with E-state index in [-0.39, 0.29) is 17.7 Å². The molecular weight excluding hydrogens is 336 g/mol. The van der Waals surface area contributed by atoms with Crippen molar-refractivity contribution in [2.24, 2.45) is 5.92 Å². The summed E-state index contributed by atoms with van der Waals surface area (Å²) in [5.74, 6) is 1.12. The maximum atomic E-state index is 12.1. The lowest BCUT2D eigenvalue weighted by Crippen LogP contribution is -2.14. The van der Waals surface area contributed by atoms with Crippen LogP contribution in [-0.4, -0.2) is 24.7 Å². The SMILES string of the molecule is COc1ccccc1NC(=O)CSc1ccc(NC(=O)C2CC2)cc1. The van der Waals surface area contributed by atoms with Gasteiger partial charge in [-0.15, -0.1) is 11.8 Å². The number of hydrogen-bond acceptors (Lipinski definition) is 4. The number of methoxy groups -OCH3 is 1. The number of carbonyl (C=O) groups is 2. The quantitative estimate of drug-likeness (QED) is 0.741. The van der Waals surface area contributed by atoms with Gasteiger partial charge in [0.15, 0.2) is 0 Å². The molecule has 0 aliphatic heterocycles. The van der Waals surface area contributed by atoms with Crippen LogP contribution >= 0.6 is 11.8 Å². The third-order valence-corrected chi connectivity index (χ3v) is 4.83. The van der Waals surface area contributed by atoms with Gasteiger partial charge in [-0.25, -0.2) is 0 Å². The van der Waals surface area contributed by atoms with E-state index in [4.69, 9.17) is 4.74 Å². The van der Waals surface area contributed by atoms with Gasteiger partial charge in [0.2, 0.25) is 11.8 Å². The fraction of sp³-hybridized carbons (Fsp3) is 0.263. The molecule has 25 heavy (non-hydrogen) atoms. The first-order valence-corrected chi connectivity index (χ1v) is 9.11. The van der Waals surface area contributed by atoms with E-state index in [1.54, 1.807) is 19.2 Å². The summed E-state index contributed by atoms with van der Waals surface area (Å²) in [6, 6.07) is 14.8. The average molecular weight is 356 g/mol. The summed E-state index contributed by atoms with van der Waals surface area (Å²) in [5, 5.41) is 5.75. The number of rotatable bonds is 7. The predicted molar refractivity (Wildman–Crippen MR) is 100 cm³/mol. The molecule has 0 radical (unpaired) electrons. The molecule has 0 atom stereocenters. The Balaban J connectivity index is 1.49. The first kappa shape index (κ1) is 17.4. The number of amides is 2. The summed E-state index contributed by atoms with van der Waals surface area (Å²) in [4.78, 5) is 24.8. The van der Waals surface area contributed by atoms with Crippen molar-refractivity contribution in [3.63, 3.8) is 0 Å². The third kappa shape index (κ3) is 5.00. The van der Waals surface area contributed by atoms with Crippen LogP contribution in [0.15, 0.2) is 53.4 Å². The molecule has 1 fully saturated rings. The van der Waals surface area contributed by atoms with Gasteiger partial charge in [0.25, 0.3) is 0 Å². The van der Waals surface area contributed by atoms with Crippen molar-refractivity contribution in [1.29, 1.82) is 0 Å². The molecular formula is C19H20N2O3S. The zero-order valence-corrected chi connectivity index (χ0v) is 14.8. The monoisotopic (exact) mass is 356 g/mol. The minimum absolute atomic E-state index is 0.0941.